The van der Waals surface area contributed by atoms with Gasteiger partial charge in [0.1, 0.15) is 0 Å². The summed E-state index contributed by atoms with van der Waals surface area (Å²) in [6.45, 7) is 3.59. The van der Waals surface area contributed by atoms with E-state index >= 15 is 0 Å². The summed E-state index contributed by atoms with van der Waals surface area (Å²) in [7, 11) is 3.77. The van der Waals surface area contributed by atoms with Crippen LogP contribution in [0.4, 0.5) is 0 Å². The van der Waals surface area contributed by atoms with Gasteiger partial charge in [0.05, 0.1) is 18.7 Å². The van der Waals surface area contributed by atoms with Gasteiger partial charge in [-0.2, -0.15) is 0 Å². The second kappa shape index (κ2) is 6.22. The van der Waals surface area contributed by atoms with E-state index in [2.05, 4.69) is 10.3 Å². The summed E-state index contributed by atoms with van der Waals surface area (Å²) < 4.78 is 6.51. The third-order valence-corrected chi connectivity index (χ3v) is 2.08. The van der Waals surface area contributed by atoms with E-state index < -0.39 is 0 Å². The van der Waals surface area contributed by atoms with Crippen molar-refractivity contribution >= 4 is 5.97 Å². The van der Waals surface area contributed by atoms with Gasteiger partial charge >= 0.3 is 5.97 Å². The van der Waals surface area contributed by atoms with Crippen molar-refractivity contribution in [3.8, 4) is 0 Å². The molecule has 6 nitrogen and oxygen atoms in total. The predicted molar refractivity (Wildman–Crippen MR) is 58.6 cm³/mol. The molecule has 0 unspecified atom stereocenters. The normalized spacial score (nSPS) is 10.8. The summed E-state index contributed by atoms with van der Waals surface area (Å²) >= 11 is 0. The second-order valence-electron chi connectivity index (χ2n) is 3.68. The molecule has 0 saturated carbocycles. The fourth-order valence-corrected chi connectivity index (χ4v) is 1.34. The zero-order chi connectivity index (χ0) is 12.0. The Kier molecular flexibility index (Phi) is 4.91. The van der Waals surface area contributed by atoms with E-state index in [1.807, 2.05) is 25.2 Å². The van der Waals surface area contributed by atoms with Crippen molar-refractivity contribution < 1.29 is 9.53 Å². The van der Waals surface area contributed by atoms with E-state index in [-0.39, 0.29) is 5.97 Å². The van der Waals surface area contributed by atoms with Gasteiger partial charge in [-0.15, -0.1) is 5.10 Å². The fraction of sp³-hybridized carbons (Fsp3) is 0.700. The highest BCUT2D eigenvalue weighted by Crippen LogP contribution is 1.99. The molecule has 0 aliphatic heterocycles. The highest BCUT2D eigenvalue weighted by atomic mass is 16.5. The molecule has 1 aromatic rings. The van der Waals surface area contributed by atoms with Crippen LogP contribution in [0.1, 0.15) is 19.0 Å². The molecular weight excluding hydrogens is 208 g/mol. The molecule has 1 rings (SSSR count). The lowest BCUT2D eigenvalue weighted by atomic mass is 10.3. The molecule has 0 aliphatic carbocycles. The van der Waals surface area contributed by atoms with E-state index in [0.29, 0.717) is 26.1 Å². The van der Waals surface area contributed by atoms with Crippen molar-refractivity contribution in [3.05, 3.63) is 11.9 Å². The quantitative estimate of drug-likeness (QED) is 0.648. The summed E-state index contributed by atoms with van der Waals surface area (Å²) in [5.74, 6) is -0.159. The van der Waals surface area contributed by atoms with Crippen molar-refractivity contribution in [2.24, 2.45) is 7.05 Å². The third-order valence-electron chi connectivity index (χ3n) is 2.08. The number of aromatic nitrogens is 3. The predicted octanol–water partition coefficient (Wildman–Crippen LogP) is 0.200. The molecule has 90 valence electrons. The Morgan fingerprint density at radius 2 is 2.38 bits per heavy atom. The minimum atomic E-state index is -0.159. The van der Waals surface area contributed by atoms with Crippen LogP contribution < -0.4 is 0 Å². The lowest BCUT2D eigenvalue weighted by Crippen LogP contribution is -2.22. The number of aryl methyl sites for hydroxylation is 1. The molecule has 0 fully saturated rings. The number of nitrogens with zero attached hydrogens (tertiary/aromatic N) is 4. The molecule has 0 amide bonds. The number of esters is 1. The number of carbonyl (C=O) groups excluding carboxylic acids is 1. The second-order valence-corrected chi connectivity index (χ2v) is 3.68. The molecule has 0 atom stereocenters. The number of carbonyl (C=O) groups is 1. The van der Waals surface area contributed by atoms with Gasteiger partial charge in [0.25, 0.3) is 0 Å². The van der Waals surface area contributed by atoms with E-state index in [9.17, 15) is 4.79 Å². The van der Waals surface area contributed by atoms with Crippen molar-refractivity contribution in [1.82, 2.24) is 19.9 Å². The number of hydrogen-bond acceptors (Lipinski definition) is 5. The van der Waals surface area contributed by atoms with Gasteiger partial charge in [-0.1, -0.05) is 5.21 Å². The molecule has 0 aliphatic rings. The average Bonchev–Trinajstić information content (AvgIpc) is 2.61. The summed E-state index contributed by atoms with van der Waals surface area (Å²) in [6, 6.07) is 0. The fourth-order valence-electron chi connectivity index (χ4n) is 1.34. The van der Waals surface area contributed by atoms with Crippen LogP contribution in [0.5, 0.6) is 0 Å². The molecule has 0 bridgehead atoms. The van der Waals surface area contributed by atoms with Gasteiger partial charge < -0.3 is 4.74 Å². The molecular formula is C10H18N4O2. The maximum Gasteiger partial charge on any atom is 0.307 e. The topological polar surface area (TPSA) is 60.2 Å². The molecule has 0 radical (unpaired) electrons. The highest BCUT2D eigenvalue weighted by Gasteiger charge is 2.07. The van der Waals surface area contributed by atoms with E-state index in [4.69, 9.17) is 4.74 Å². The van der Waals surface area contributed by atoms with Gasteiger partial charge in [0, 0.05) is 26.3 Å². The molecule has 0 saturated heterocycles. The van der Waals surface area contributed by atoms with E-state index in [1.54, 1.807) is 11.6 Å². The van der Waals surface area contributed by atoms with Crippen molar-refractivity contribution in [3.63, 3.8) is 0 Å². The maximum absolute atomic E-state index is 11.1. The first kappa shape index (κ1) is 12.6. The Balaban J connectivity index is 2.25. The van der Waals surface area contributed by atoms with Gasteiger partial charge in [-0.05, 0) is 14.0 Å². The largest absolute Gasteiger partial charge is 0.466 e. The van der Waals surface area contributed by atoms with Gasteiger partial charge in [-0.3, -0.25) is 14.4 Å². The van der Waals surface area contributed by atoms with Crippen LogP contribution in [0.25, 0.3) is 0 Å². The number of ether oxygens (including phenoxy) is 1. The van der Waals surface area contributed by atoms with Gasteiger partial charge in [0.15, 0.2) is 0 Å². The van der Waals surface area contributed by atoms with Crippen molar-refractivity contribution in [2.75, 3.05) is 20.2 Å². The monoisotopic (exact) mass is 226 g/mol. The molecule has 1 aromatic heterocycles. The maximum atomic E-state index is 11.1. The minimum Gasteiger partial charge on any atom is -0.466 e. The number of hydrogen-bond donors (Lipinski definition) is 0. The van der Waals surface area contributed by atoms with Crippen LogP contribution in [-0.2, 0) is 23.1 Å². The number of rotatable bonds is 6. The molecule has 16 heavy (non-hydrogen) atoms. The van der Waals surface area contributed by atoms with Gasteiger partial charge in [0.2, 0.25) is 0 Å². The standard InChI is InChI=1S/C10H18N4O2/c1-4-16-10(15)5-6-13(2)7-9-8-14(3)12-11-9/h8H,4-7H2,1-3H3. The Bertz CT molecular complexity index is 337. The zero-order valence-electron chi connectivity index (χ0n) is 10.0. The lowest BCUT2D eigenvalue weighted by molar-refractivity contribution is -0.143. The van der Waals surface area contributed by atoms with Gasteiger partial charge in [-0.25, -0.2) is 0 Å². The Labute approximate surface area is 95.2 Å². The Hall–Kier alpha value is -1.43. The van der Waals surface area contributed by atoms with Crippen LogP contribution in [0.3, 0.4) is 0 Å². The van der Waals surface area contributed by atoms with Crippen LogP contribution in [0.15, 0.2) is 6.20 Å². The van der Waals surface area contributed by atoms with E-state index in [1.165, 1.54) is 0 Å². The highest BCUT2D eigenvalue weighted by molar-refractivity contribution is 5.69. The van der Waals surface area contributed by atoms with Crippen LogP contribution in [0.2, 0.25) is 0 Å². The lowest BCUT2D eigenvalue weighted by Gasteiger charge is -2.13. The van der Waals surface area contributed by atoms with Crippen molar-refractivity contribution in [2.45, 2.75) is 19.9 Å². The minimum absolute atomic E-state index is 0.159. The SMILES string of the molecule is CCOC(=O)CCN(C)Cc1cn(C)nn1. The first-order valence-corrected chi connectivity index (χ1v) is 5.31. The average molecular weight is 226 g/mol. The first-order valence-electron chi connectivity index (χ1n) is 5.31. The first-order chi connectivity index (χ1) is 7.61. The summed E-state index contributed by atoms with van der Waals surface area (Å²) in [5, 5.41) is 7.82. The summed E-state index contributed by atoms with van der Waals surface area (Å²) in [4.78, 5) is 13.1. The Morgan fingerprint density at radius 1 is 1.62 bits per heavy atom. The smallest absolute Gasteiger partial charge is 0.307 e. The van der Waals surface area contributed by atoms with Crippen LogP contribution in [0, 0.1) is 0 Å². The zero-order valence-corrected chi connectivity index (χ0v) is 10.0. The van der Waals surface area contributed by atoms with Crippen LogP contribution >= 0.6 is 0 Å². The Morgan fingerprint density at radius 3 is 2.94 bits per heavy atom. The molecule has 6 heteroatoms. The summed E-state index contributed by atoms with van der Waals surface area (Å²) in [6.07, 6.45) is 2.27. The van der Waals surface area contributed by atoms with Crippen molar-refractivity contribution in [1.29, 1.82) is 0 Å². The third kappa shape index (κ3) is 4.39. The molecule has 0 N–H and O–H groups in total. The molecule has 1 heterocycles. The van der Waals surface area contributed by atoms with Crippen LogP contribution in [-0.4, -0.2) is 46.1 Å². The molecule has 0 spiro atoms. The van der Waals surface area contributed by atoms with E-state index in [0.717, 1.165) is 5.69 Å². The summed E-state index contributed by atoms with van der Waals surface area (Å²) in [5.41, 5.74) is 0.897. The molecule has 0 aromatic carbocycles.